The van der Waals surface area contributed by atoms with Crippen molar-refractivity contribution in [1.29, 1.82) is 0 Å². The molecule has 8 nitrogen and oxygen atoms in total. The van der Waals surface area contributed by atoms with Crippen LogP contribution in [0.15, 0.2) is 0 Å². The van der Waals surface area contributed by atoms with Gasteiger partial charge in [-0.3, -0.25) is 15.1 Å². The van der Waals surface area contributed by atoms with Crippen LogP contribution in [0.3, 0.4) is 0 Å². The van der Waals surface area contributed by atoms with Crippen LogP contribution in [0.5, 0.6) is 0 Å². The third-order valence-corrected chi connectivity index (χ3v) is 8.09. The average molecular weight is 469 g/mol. The van der Waals surface area contributed by atoms with Gasteiger partial charge in [-0.25, -0.2) is 9.18 Å². The zero-order valence-electron chi connectivity index (χ0n) is 20.4. The van der Waals surface area contributed by atoms with Crippen LogP contribution in [0.2, 0.25) is 0 Å². The fourth-order valence-electron chi connectivity index (χ4n) is 5.99. The Kier molecular flexibility index (Phi) is 6.63. The maximum atomic E-state index is 14.9. The predicted octanol–water partition coefficient (Wildman–Crippen LogP) is 2.78. The predicted molar refractivity (Wildman–Crippen MR) is 121 cm³/mol. The molecule has 1 spiro atoms. The number of alkyl halides is 1. The number of piperidine rings is 1. The maximum Gasteiger partial charge on any atom is 0.410 e. The smallest absolute Gasteiger partial charge is 0.410 e. The molecular weight excluding hydrogens is 427 g/mol. The third-order valence-electron chi connectivity index (χ3n) is 8.09. The molecule has 3 aliphatic heterocycles. The second-order valence-corrected chi connectivity index (χ2v) is 11.8. The zero-order valence-corrected chi connectivity index (χ0v) is 20.4. The number of carbonyl (C=O) groups excluding carboxylic acids is 1. The maximum absolute atomic E-state index is 14.9. The highest BCUT2D eigenvalue weighted by Crippen LogP contribution is 2.44. The van der Waals surface area contributed by atoms with E-state index in [9.17, 15) is 9.18 Å². The van der Waals surface area contributed by atoms with Crippen molar-refractivity contribution in [3.05, 3.63) is 0 Å². The van der Waals surface area contributed by atoms with E-state index >= 15 is 0 Å². The van der Waals surface area contributed by atoms with E-state index in [1.165, 1.54) is 0 Å². The Morgan fingerprint density at radius 3 is 2.55 bits per heavy atom. The lowest BCUT2D eigenvalue weighted by molar-refractivity contribution is -0.0919. The first-order valence-electron chi connectivity index (χ1n) is 12.9. The molecule has 1 amide bonds. The van der Waals surface area contributed by atoms with Crippen LogP contribution in [-0.4, -0.2) is 84.5 Å². The largest absolute Gasteiger partial charge is 0.444 e. The van der Waals surface area contributed by atoms with Gasteiger partial charge in [-0.2, -0.15) is 5.48 Å². The highest BCUT2D eigenvalue weighted by molar-refractivity contribution is 5.68. The molecule has 5 rings (SSSR count). The van der Waals surface area contributed by atoms with Crippen molar-refractivity contribution < 1.29 is 23.5 Å². The molecular formula is C24H41FN4O4. The van der Waals surface area contributed by atoms with Crippen LogP contribution < -0.4 is 10.8 Å². The fraction of sp³-hybridized carbons (Fsp3) is 0.958. The number of carbonyl (C=O) groups is 1. The van der Waals surface area contributed by atoms with Crippen LogP contribution in [0, 0.1) is 11.8 Å². The Balaban J connectivity index is 1.10. The molecule has 5 unspecified atom stereocenters. The molecule has 0 aromatic heterocycles. The van der Waals surface area contributed by atoms with E-state index in [-0.39, 0.29) is 30.1 Å². The van der Waals surface area contributed by atoms with E-state index in [1.807, 2.05) is 20.8 Å². The van der Waals surface area contributed by atoms with Crippen LogP contribution in [0.4, 0.5) is 9.18 Å². The van der Waals surface area contributed by atoms with E-state index in [1.54, 1.807) is 4.90 Å². The molecule has 2 aliphatic carbocycles. The zero-order chi connectivity index (χ0) is 23.2. The monoisotopic (exact) mass is 468 g/mol. The summed E-state index contributed by atoms with van der Waals surface area (Å²) in [4.78, 5) is 22.5. The topological polar surface area (TPSA) is 75.3 Å². The molecule has 0 aromatic carbocycles. The normalized spacial score (nSPS) is 37.9. The Hall–Kier alpha value is -1.00. The van der Waals surface area contributed by atoms with Crippen molar-refractivity contribution in [2.24, 2.45) is 11.8 Å². The lowest BCUT2D eigenvalue weighted by atomic mass is 9.82. The molecule has 5 aliphatic rings. The summed E-state index contributed by atoms with van der Waals surface area (Å²) < 4.78 is 26.4. The summed E-state index contributed by atoms with van der Waals surface area (Å²) in [7, 11) is 0. The van der Waals surface area contributed by atoms with Crippen molar-refractivity contribution in [3.63, 3.8) is 0 Å². The van der Waals surface area contributed by atoms with E-state index < -0.39 is 11.8 Å². The van der Waals surface area contributed by atoms with Gasteiger partial charge in [-0.1, -0.05) is 0 Å². The summed E-state index contributed by atoms with van der Waals surface area (Å²) in [6.07, 6.45) is 5.26. The van der Waals surface area contributed by atoms with Crippen molar-refractivity contribution in [3.8, 4) is 0 Å². The Labute approximate surface area is 196 Å². The second kappa shape index (κ2) is 9.22. The summed E-state index contributed by atoms with van der Waals surface area (Å²) in [5, 5.41) is 3.65. The number of nitrogens with zero attached hydrogens (tertiary/aromatic N) is 2. The third kappa shape index (κ3) is 5.48. The van der Waals surface area contributed by atoms with Crippen molar-refractivity contribution in [1.82, 2.24) is 20.6 Å². The van der Waals surface area contributed by atoms with Gasteiger partial charge in [0.2, 0.25) is 0 Å². The number of ether oxygens (including phenoxy) is 2. The molecule has 0 bridgehead atoms. The number of hydroxylamine groups is 1. The SMILES string of the molecule is CC(C)(C)OC(=O)N1CCC(C2NOC(C3CCC(F)C(N4CCOC5(CC5)C4)C3)N2)CC1. The molecule has 188 valence electrons. The second-order valence-electron chi connectivity index (χ2n) is 11.8. The summed E-state index contributed by atoms with van der Waals surface area (Å²) >= 11 is 0. The van der Waals surface area contributed by atoms with E-state index in [4.69, 9.17) is 14.3 Å². The Bertz CT molecular complexity index is 707. The first-order valence-corrected chi connectivity index (χ1v) is 12.9. The molecule has 2 saturated carbocycles. The van der Waals surface area contributed by atoms with Gasteiger partial charge in [-0.15, -0.1) is 0 Å². The molecule has 33 heavy (non-hydrogen) atoms. The quantitative estimate of drug-likeness (QED) is 0.660. The molecule has 0 radical (unpaired) electrons. The lowest BCUT2D eigenvalue weighted by Crippen LogP contribution is -2.55. The highest BCUT2D eigenvalue weighted by atomic mass is 19.1. The van der Waals surface area contributed by atoms with Crippen molar-refractivity contribution in [2.75, 3.05) is 32.8 Å². The van der Waals surface area contributed by atoms with E-state index in [0.717, 1.165) is 58.2 Å². The van der Waals surface area contributed by atoms with Gasteiger partial charge in [0.05, 0.1) is 18.4 Å². The number of likely N-dealkylation sites (tertiary alicyclic amines) is 1. The lowest BCUT2D eigenvalue weighted by Gasteiger charge is -2.44. The molecule has 3 saturated heterocycles. The van der Waals surface area contributed by atoms with Gasteiger partial charge in [0.1, 0.15) is 18.0 Å². The first-order chi connectivity index (χ1) is 15.7. The summed E-state index contributed by atoms with van der Waals surface area (Å²) in [5.41, 5.74) is 2.76. The van der Waals surface area contributed by atoms with Crippen molar-refractivity contribution >= 4 is 6.09 Å². The number of nitrogens with one attached hydrogen (secondary N) is 2. The van der Waals surface area contributed by atoms with Gasteiger partial charge in [0.25, 0.3) is 0 Å². The van der Waals surface area contributed by atoms with Gasteiger partial charge >= 0.3 is 6.09 Å². The molecule has 5 fully saturated rings. The first kappa shape index (κ1) is 23.7. The van der Waals surface area contributed by atoms with Crippen LogP contribution in [-0.2, 0) is 14.3 Å². The number of rotatable bonds is 3. The molecule has 3 heterocycles. The Morgan fingerprint density at radius 2 is 1.85 bits per heavy atom. The number of hydrogen-bond donors (Lipinski definition) is 2. The van der Waals surface area contributed by atoms with Crippen molar-refractivity contribution in [2.45, 2.75) is 102 Å². The van der Waals surface area contributed by atoms with Gasteiger partial charge in [0.15, 0.2) is 0 Å². The average Bonchev–Trinajstić information content (AvgIpc) is 3.32. The Morgan fingerprint density at radius 1 is 1.09 bits per heavy atom. The van der Waals surface area contributed by atoms with Crippen LogP contribution in [0.25, 0.3) is 0 Å². The fourth-order valence-corrected chi connectivity index (χ4v) is 5.99. The summed E-state index contributed by atoms with van der Waals surface area (Å²) in [6, 6.07) is -0.0355. The minimum Gasteiger partial charge on any atom is -0.444 e. The molecule has 0 aromatic rings. The van der Waals surface area contributed by atoms with Gasteiger partial charge in [-0.05, 0) is 71.6 Å². The summed E-state index contributed by atoms with van der Waals surface area (Å²) in [5.74, 6) is 0.676. The summed E-state index contributed by atoms with van der Waals surface area (Å²) in [6.45, 7) is 9.49. The standard InChI is InChI=1S/C24H41FN4O4/c1-23(2,3)32-22(30)28-10-6-16(7-11-28)20-26-21(33-27-20)17-4-5-18(25)19(14-17)29-12-13-31-24(15-29)8-9-24/h16-21,26-27H,4-15H2,1-3H3. The number of amides is 1. The van der Waals surface area contributed by atoms with Gasteiger partial charge < -0.3 is 14.4 Å². The minimum absolute atomic E-state index is 0.0217. The number of morpholine rings is 1. The van der Waals surface area contributed by atoms with Crippen LogP contribution >= 0.6 is 0 Å². The molecule has 9 heteroatoms. The van der Waals surface area contributed by atoms with E-state index in [2.05, 4.69) is 15.7 Å². The number of halogens is 1. The highest BCUT2D eigenvalue weighted by Gasteiger charge is 2.50. The minimum atomic E-state index is -0.766. The van der Waals surface area contributed by atoms with E-state index in [0.29, 0.717) is 31.3 Å². The molecule has 5 atom stereocenters. The van der Waals surface area contributed by atoms with Gasteiger partial charge in [0, 0.05) is 38.1 Å². The van der Waals surface area contributed by atoms with Crippen LogP contribution in [0.1, 0.15) is 65.7 Å². The number of hydrogen-bond acceptors (Lipinski definition) is 7. The molecule has 2 N–H and O–H groups in total.